The van der Waals surface area contributed by atoms with Gasteiger partial charge in [0, 0.05) is 45.7 Å². The number of H-pyrrole nitrogens is 1. The number of aryl methyl sites for hydroxylation is 1. The number of nitrogens with zero attached hydrogens (tertiary/aromatic N) is 4. The van der Waals surface area contributed by atoms with Gasteiger partial charge in [-0.05, 0) is 63.2 Å². The predicted octanol–water partition coefficient (Wildman–Crippen LogP) is 5.83. The average molecular weight is 432 g/mol. The predicted molar refractivity (Wildman–Crippen MR) is 128 cm³/mol. The van der Waals surface area contributed by atoms with E-state index in [1.807, 2.05) is 30.7 Å². The van der Waals surface area contributed by atoms with E-state index in [1.165, 1.54) is 0 Å². The van der Waals surface area contributed by atoms with Crippen molar-refractivity contribution in [1.29, 1.82) is 0 Å². The van der Waals surface area contributed by atoms with Crippen molar-refractivity contribution in [3.63, 3.8) is 0 Å². The molecule has 1 N–H and O–H groups in total. The Balaban J connectivity index is 1.44. The lowest BCUT2D eigenvalue weighted by Gasteiger charge is -2.28. The molecule has 0 bridgehead atoms. The van der Waals surface area contributed by atoms with Gasteiger partial charge in [-0.3, -0.25) is 4.68 Å². The Morgan fingerprint density at radius 3 is 2.77 bits per heavy atom. The summed E-state index contributed by atoms with van der Waals surface area (Å²) in [7, 11) is 2.18. The Bertz CT molecular complexity index is 1220. The van der Waals surface area contributed by atoms with Crippen LogP contribution in [0.4, 0.5) is 0 Å². The quantitative estimate of drug-likeness (QED) is 0.442. The van der Waals surface area contributed by atoms with Crippen LogP contribution in [0.2, 0.25) is 5.02 Å². The highest BCUT2D eigenvalue weighted by molar-refractivity contribution is 6.32. The van der Waals surface area contributed by atoms with Crippen LogP contribution in [0.15, 0.2) is 49.1 Å². The van der Waals surface area contributed by atoms with E-state index >= 15 is 0 Å². The minimum atomic E-state index is 0.478. The second kappa shape index (κ2) is 8.33. The molecule has 1 fully saturated rings. The first-order valence-corrected chi connectivity index (χ1v) is 11.1. The molecule has 4 heterocycles. The summed E-state index contributed by atoms with van der Waals surface area (Å²) >= 11 is 6.38. The van der Waals surface area contributed by atoms with Gasteiger partial charge in [-0.25, -0.2) is 4.98 Å². The summed E-state index contributed by atoms with van der Waals surface area (Å²) in [5.41, 5.74) is 6.35. The Morgan fingerprint density at radius 2 is 1.97 bits per heavy atom. The van der Waals surface area contributed by atoms with Crippen LogP contribution < -0.4 is 0 Å². The number of halogens is 1. The number of benzene rings is 1. The third kappa shape index (κ3) is 4.03. The molecule has 158 valence electrons. The van der Waals surface area contributed by atoms with Gasteiger partial charge < -0.3 is 9.88 Å². The zero-order valence-corrected chi connectivity index (χ0v) is 18.6. The molecule has 0 atom stereocenters. The molecule has 0 amide bonds. The number of aromatic amines is 1. The molecule has 6 heteroatoms. The highest BCUT2D eigenvalue weighted by Crippen LogP contribution is 2.29. The van der Waals surface area contributed by atoms with Gasteiger partial charge >= 0.3 is 0 Å². The highest BCUT2D eigenvalue weighted by atomic mass is 35.5. The Labute approximate surface area is 187 Å². The minimum absolute atomic E-state index is 0.478. The number of hydrogen-bond acceptors (Lipinski definition) is 3. The number of nitrogens with one attached hydrogen (secondary N) is 1. The average Bonchev–Trinajstić information content (AvgIpc) is 3.41. The van der Waals surface area contributed by atoms with Crippen molar-refractivity contribution in [3.05, 3.63) is 70.8 Å². The van der Waals surface area contributed by atoms with E-state index in [-0.39, 0.29) is 0 Å². The Morgan fingerprint density at radius 1 is 1.13 bits per heavy atom. The summed E-state index contributed by atoms with van der Waals surface area (Å²) in [6.45, 7) is 4.32. The summed E-state index contributed by atoms with van der Waals surface area (Å²) in [5, 5.41) is 6.51. The van der Waals surface area contributed by atoms with Crippen molar-refractivity contribution in [2.45, 2.75) is 25.8 Å². The number of aromatic nitrogens is 4. The van der Waals surface area contributed by atoms with Crippen molar-refractivity contribution in [2.24, 2.45) is 0 Å². The fourth-order valence-electron chi connectivity index (χ4n) is 4.29. The SMILES string of the molecule is Cc1cccc(Cl)c1C=Cc1c[nH]c2ncc(-c3cnn(C4CCN(C)CC4)c3)cc12. The molecule has 0 saturated carbocycles. The van der Waals surface area contributed by atoms with Gasteiger partial charge in [-0.1, -0.05) is 35.9 Å². The second-order valence-electron chi connectivity index (χ2n) is 8.41. The first kappa shape index (κ1) is 20.0. The molecule has 5 rings (SSSR count). The standard InChI is InChI=1S/C25H26ClN5/c1-17-4-3-5-24(26)22(17)7-6-18-13-27-25-23(18)12-19(14-28-25)20-15-29-31(16-20)21-8-10-30(2)11-9-21/h3-7,12-16,21H,8-11H2,1-2H3,(H,27,28). The van der Waals surface area contributed by atoms with Crippen molar-refractivity contribution < 1.29 is 0 Å². The fourth-order valence-corrected chi connectivity index (χ4v) is 4.58. The van der Waals surface area contributed by atoms with Gasteiger partial charge in [-0.15, -0.1) is 0 Å². The van der Waals surface area contributed by atoms with Crippen LogP contribution in [0.5, 0.6) is 0 Å². The molecule has 1 saturated heterocycles. The lowest BCUT2D eigenvalue weighted by atomic mass is 10.1. The van der Waals surface area contributed by atoms with Crippen LogP contribution in [0.3, 0.4) is 0 Å². The maximum absolute atomic E-state index is 6.38. The monoisotopic (exact) mass is 431 g/mol. The van der Waals surface area contributed by atoms with Gasteiger partial charge in [0.1, 0.15) is 5.65 Å². The van der Waals surface area contributed by atoms with E-state index in [9.17, 15) is 0 Å². The van der Waals surface area contributed by atoms with Crippen LogP contribution in [-0.4, -0.2) is 44.8 Å². The van der Waals surface area contributed by atoms with Crippen LogP contribution in [0, 0.1) is 6.92 Å². The molecule has 4 aromatic rings. The Hall–Kier alpha value is -2.89. The molecular weight excluding hydrogens is 406 g/mol. The summed E-state index contributed by atoms with van der Waals surface area (Å²) in [6.07, 6.45) is 14.5. The van der Waals surface area contributed by atoms with Crippen molar-refractivity contribution in [3.8, 4) is 11.1 Å². The second-order valence-corrected chi connectivity index (χ2v) is 8.82. The van der Waals surface area contributed by atoms with Gasteiger partial charge in [-0.2, -0.15) is 5.10 Å². The molecule has 31 heavy (non-hydrogen) atoms. The molecule has 0 aliphatic carbocycles. The molecule has 0 unspecified atom stereocenters. The number of piperidine rings is 1. The molecule has 0 spiro atoms. The minimum Gasteiger partial charge on any atom is -0.346 e. The first-order valence-electron chi connectivity index (χ1n) is 10.7. The van der Waals surface area contributed by atoms with Crippen LogP contribution in [-0.2, 0) is 0 Å². The van der Waals surface area contributed by atoms with E-state index in [4.69, 9.17) is 11.6 Å². The fraction of sp³-hybridized carbons (Fsp3) is 0.280. The summed E-state index contributed by atoms with van der Waals surface area (Å²) in [6, 6.07) is 8.63. The normalized spacial score (nSPS) is 16.0. The third-order valence-electron chi connectivity index (χ3n) is 6.26. The molecule has 0 radical (unpaired) electrons. The van der Waals surface area contributed by atoms with E-state index in [0.29, 0.717) is 6.04 Å². The number of pyridine rings is 1. The molecule has 3 aromatic heterocycles. The van der Waals surface area contributed by atoms with E-state index in [0.717, 1.165) is 69.8 Å². The van der Waals surface area contributed by atoms with Crippen molar-refractivity contribution in [1.82, 2.24) is 24.6 Å². The lowest BCUT2D eigenvalue weighted by molar-refractivity contribution is 0.212. The van der Waals surface area contributed by atoms with Gasteiger partial charge in [0.25, 0.3) is 0 Å². The molecule has 1 aromatic carbocycles. The largest absolute Gasteiger partial charge is 0.346 e. The van der Waals surface area contributed by atoms with E-state index in [1.54, 1.807) is 0 Å². The lowest BCUT2D eigenvalue weighted by Crippen LogP contribution is -2.31. The maximum atomic E-state index is 6.38. The van der Waals surface area contributed by atoms with Crippen LogP contribution >= 0.6 is 11.6 Å². The molecular formula is C25H26ClN5. The van der Waals surface area contributed by atoms with Crippen molar-refractivity contribution in [2.75, 3.05) is 20.1 Å². The van der Waals surface area contributed by atoms with E-state index < -0.39 is 0 Å². The van der Waals surface area contributed by atoms with Crippen LogP contribution in [0.25, 0.3) is 34.3 Å². The maximum Gasteiger partial charge on any atom is 0.137 e. The third-order valence-corrected chi connectivity index (χ3v) is 6.59. The zero-order chi connectivity index (χ0) is 21.4. The summed E-state index contributed by atoms with van der Waals surface area (Å²) in [5.74, 6) is 0. The molecule has 1 aliphatic heterocycles. The van der Waals surface area contributed by atoms with Crippen molar-refractivity contribution >= 4 is 34.8 Å². The number of rotatable bonds is 4. The van der Waals surface area contributed by atoms with Gasteiger partial charge in [0.2, 0.25) is 0 Å². The van der Waals surface area contributed by atoms with E-state index in [2.05, 4.69) is 69.1 Å². The van der Waals surface area contributed by atoms with Gasteiger partial charge in [0.15, 0.2) is 0 Å². The topological polar surface area (TPSA) is 49.7 Å². The summed E-state index contributed by atoms with van der Waals surface area (Å²) < 4.78 is 2.13. The first-order chi connectivity index (χ1) is 15.1. The molecule has 5 nitrogen and oxygen atoms in total. The zero-order valence-electron chi connectivity index (χ0n) is 17.8. The number of likely N-dealkylation sites (tertiary alicyclic amines) is 1. The highest BCUT2D eigenvalue weighted by Gasteiger charge is 2.19. The molecule has 1 aliphatic rings. The smallest absolute Gasteiger partial charge is 0.137 e. The summed E-state index contributed by atoms with van der Waals surface area (Å²) in [4.78, 5) is 10.3. The van der Waals surface area contributed by atoms with Gasteiger partial charge in [0.05, 0.1) is 12.2 Å². The number of hydrogen-bond donors (Lipinski definition) is 1. The van der Waals surface area contributed by atoms with Crippen LogP contribution in [0.1, 0.15) is 35.6 Å². The number of fused-ring (bicyclic) bond motifs is 1. The Kier molecular flexibility index (Phi) is 5.38.